The largest absolute Gasteiger partial charge is 0.436 e. The van der Waals surface area contributed by atoms with E-state index >= 15 is 0 Å². The molecular formula is C26H23N5O5S. The molecular weight excluding hydrogens is 494 g/mol. The van der Waals surface area contributed by atoms with Crippen molar-refractivity contribution >= 4 is 51.4 Å². The molecule has 0 saturated carbocycles. The van der Waals surface area contributed by atoms with E-state index in [9.17, 15) is 14.9 Å². The van der Waals surface area contributed by atoms with Gasteiger partial charge in [0, 0.05) is 36.5 Å². The Balaban J connectivity index is 1.29. The number of oxazole rings is 1. The van der Waals surface area contributed by atoms with Crippen LogP contribution in [0.2, 0.25) is 0 Å². The maximum atomic E-state index is 13.1. The molecule has 0 radical (unpaired) electrons. The summed E-state index contributed by atoms with van der Waals surface area (Å²) in [5.41, 5.74) is 4.63. The van der Waals surface area contributed by atoms with Gasteiger partial charge in [0.05, 0.1) is 29.4 Å². The number of hydrogen-bond acceptors (Lipinski definition) is 8. The fourth-order valence-electron chi connectivity index (χ4n) is 4.09. The van der Waals surface area contributed by atoms with Crippen LogP contribution in [0.3, 0.4) is 0 Å². The monoisotopic (exact) mass is 517 g/mol. The Morgan fingerprint density at radius 2 is 1.84 bits per heavy atom. The first-order valence-electron chi connectivity index (χ1n) is 11.6. The number of nitrogens with one attached hydrogen (secondary N) is 2. The number of rotatable bonds is 5. The number of aryl methyl sites for hydroxylation is 1. The molecule has 1 amide bonds. The van der Waals surface area contributed by atoms with E-state index in [0.717, 1.165) is 16.6 Å². The normalized spacial score (nSPS) is 13.4. The SMILES string of the molecule is Cc1ccc2oc(-c3ccc(NC(=S)NC(=O)c4cc([N+](=O)[O-])ccc4N4CCOCC4)cc3)nc2c1. The number of carbonyl (C=O) groups excluding carboxylic acids is 1. The molecule has 2 N–H and O–H groups in total. The van der Waals surface area contributed by atoms with Crippen molar-refractivity contribution < 1.29 is 18.9 Å². The predicted molar refractivity (Wildman–Crippen MR) is 144 cm³/mol. The number of nitrogens with zero attached hydrogens (tertiary/aromatic N) is 3. The number of nitro groups is 1. The number of aromatic nitrogens is 1. The van der Waals surface area contributed by atoms with Gasteiger partial charge in [-0.1, -0.05) is 6.07 Å². The van der Waals surface area contributed by atoms with E-state index in [0.29, 0.717) is 49.2 Å². The van der Waals surface area contributed by atoms with Crippen LogP contribution in [-0.4, -0.2) is 47.2 Å². The van der Waals surface area contributed by atoms with E-state index in [-0.39, 0.29) is 16.4 Å². The highest BCUT2D eigenvalue weighted by Crippen LogP contribution is 2.28. The second kappa shape index (κ2) is 10.3. The Hall–Kier alpha value is -4.35. The van der Waals surface area contributed by atoms with Gasteiger partial charge in [0.25, 0.3) is 11.6 Å². The van der Waals surface area contributed by atoms with Crippen molar-refractivity contribution in [1.29, 1.82) is 0 Å². The van der Waals surface area contributed by atoms with Crippen LogP contribution in [0.5, 0.6) is 0 Å². The summed E-state index contributed by atoms with van der Waals surface area (Å²) in [5.74, 6) is -0.0366. The summed E-state index contributed by atoms with van der Waals surface area (Å²) in [5, 5.41) is 17.0. The number of hydrogen-bond donors (Lipinski definition) is 2. The van der Waals surface area contributed by atoms with E-state index in [1.807, 2.05) is 42.2 Å². The molecule has 0 aliphatic carbocycles. The molecule has 0 atom stereocenters. The highest BCUT2D eigenvalue weighted by molar-refractivity contribution is 7.80. The molecule has 1 aliphatic heterocycles. The van der Waals surface area contributed by atoms with Gasteiger partial charge in [0.15, 0.2) is 10.7 Å². The number of fused-ring (bicyclic) bond motifs is 1. The first-order chi connectivity index (χ1) is 17.9. The van der Waals surface area contributed by atoms with E-state index in [2.05, 4.69) is 15.6 Å². The van der Waals surface area contributed by atoms with E-state index < -0.39 is 10.8 Å². The lowest BCUT2D eigenvalue weighted by Gasteiger charge is -2.30. The van der Waals surface area contributed by atoms with Crippen LogP contribution in [0.1, 0.15) is 15.9 Å². The number of morpholine rings is 1. The lowest BCUT2D eigenvalue weighted by atomic mass is 10.1. The van der Waals surface area contributed by atoms with Crippen LogP contribution in [-0.2, 0) is 4.74 Å². The fourth-order valence-corrected chi connectivity index (χ4v) is 4.30. The second-order valence-corrected chi connectivity index (χ2v) is 8.94. The average Bonchev–Trinajstić information content (AvgIpc) is 3.32. The molecule has 10 nitrogen and oxygen atoms in total. The average molecular weight is 518 g/mol. The summed E-state index contributed by atoms with van der Waals surface area (Å²) in [6.45, 7) is 4.17. The summed E-state index contributed by atoms with van der Waals surface area (Å²) in [7, 11) is 0. The van der Waals surface area contributed by atoms with Crippen LogP contribution >= 0.6 is 12.2 Å². The third kappa shape index (κ3) is 5.42. The number of non-ortho nitro benzene ring substituents is 1. The standard InChI is InChI=1S/C26H23N5O5S/c1-16-2-9-23-21(14-16)28-25(36-23)17-3-5-18(6-4-17)27-26(37)29-24(32)20-15-19(31(33)34)7-8-22(20)30-10-12-35-13-11-30/h2-9,14-15H,10-13H2,1H3,(H2,27,29,32,37). The third-order valence-electron chi connectivity index (χ3n) is 5.95. The molecule has 1 saturated heterocycles. The Kier molecular flexibility index (Phi) is 6.80. The number of benzene rings is 3. The third-order valence-corrected chi connectivity index (χ3v) is 6.15. The number of carbonyl (C=O) groups is 1. The molecule has 11 heteroatoms. The number of anilines is 2. The number of nitro benzene ring substituents is 1. The summed E-state index contributed by atoms with van der Waals surface area (Å²) in [4.78, 5) is 30.4. The zero-order valence-electron chi connectivity index (χ0n) is 19.9. The fraction of sp³-hybridized carbons (Fsp3) is 0.192. The summed E-state index contributed by atoms with van der Waals surface area (Å²) >= 11 is 5.34. The molecule has 5 rings (SSSR count). The molecule has 1 aliphatic rings. The minimum absolute atomic E-state index is 0.0644. The van der Waals surface area contributed by atoms with Gasteiger partial charge in [0.1, 0.15) is 5.52 Å². The predicted octanol–water partition coefficient (Wildman–Crippen LogP) is 4.67. The highest BCUT2D eigenvalue weighted by atomic mass is 32.1. The Labute approximate surface area is 217 Å². The highest BCUT2D eigenvalue weighted by Gasteiger charge is 2.22. The van der Waals surface area contributed by atoms with Crippen molar-refractivity contribution in [2.24, 2.45) is 0 Å². The van der Waals surface area contributed by atoms with Crippen LogP contribution in [0.4, 0.5) is 17.1 Å². The van der Waals surface area contributed by atoms with Crippen molar-refractivity contribution in [2.75, 3.05) is 36.5 Å². The summed E-state index contributed by atoms with van der Waals surface area (Å²) in [6, 6.07) is 17.3. The van der Waals surface area contributed by atoms with Gasteiger partial charge in [-0.2, -0.15) is 0 Å². The molecule has 188 valence electrons. The summed E-state index contributed by atoms with van der Waals surface area (Å²) < 4.78 is 11.2. The van der Waals surface area contributed by atoms with E-state index in [4.69, 9.17) is 21.4 Å². The van der Waals surface area contributed by atoms with Crippen LogP contribution in [0.25, 0.3) is 22.6 Å². The maximum absolute atomic E-state index is 13.1. The van der Waals surface area contributed by atoms with Crippen LogP contribution < -0.4 is 15.5 Å². The molecule has 0 bridgehead atoms. The first kappa shape index (κ1) is 24.3. The van der Waals surface area contributed by atoms with Gasteiger partial charge in [-0.05, 0) is 67.2 Å². The van der Waals surface area contributed by atoms with Crippen molar-refractivity contribution in [3.63, 3.8) is 0 Å². The minimum atomic E-state index is -0.541. The molecule has 1 fully saturated rings. The van der Waals surface area contributed by atoms with Crippen molar-refractivity contribution in [3.8, 4) is 11.5 Å². The lowest BCUT2D eigenvalue weighted by molar-refractivity contribution is -0.384. The van der Waals surface area contributed by atoms with Gasteiger partial charge in [0.2, 0.25) is 5.89 Å². The first-order valence-corrected chi connectivity index (χ1v) is 12.0. The molecule has 2 heterocycles. The van der Waals surface area contributed by atoms with Crippen LogP contribution in [0, 0.1) is 17.0 Å². The number of amides is 1. The lowest BCUT2D eigenvalue weighted by Crippen LogP contribution is -2.39. The topological polar surface area (TPSA) is 123 Å². The molecule has 4 aromatic rings. The van der Waals surface area contributed by atoms with E-state index in [1.54, 1.807) is 18.2 Å². The van der Waals surface area contributed by atoms with Gasteiger partial charge >= 0.3 is 0 Å². The molecule has 0 unspecified atom stereocenters. The zero-order valence-corrected chi connectivity index (χ0v) is 20.7. The second-order valence-electron chi connectivity index (χ2n) is 8.53. The molecule has 1 aromatic heterocycles. The summed E-state index contributed by atoms with van der Waals surface area (Å²) in [6.07, 6.45) is 0. The van der Waals surface area contributed by atoms with E-state index in [1.165, 1.54) is 12.1 Å². The molecule has 0 spiro atoms. The molecule has 37 heavy (non-hydrogen) atoms. The Morgan fingerprint density at radius 1 is 1.08 bits per heavy atom. The number of ether oxygens (including phenoxy) is 1. The number of thiocarbonyl (C=S) groups is 1. The zero-order chi connectivity index (χ0) is 25.9. The van der Waals surface area contributed by atoms with Crippen molar-refractivity contribution in [3.05, 3.63) is 81.9 Å². The molecule has 3 aromatic carbocycles. The Bertz CT molecular complexity index is 1500. The quantitative estimate of drug-likeness (QED) is 0.221. The van der Waals surface area contributed by atoms with Crippen LogP contribution in [0.15, 0.2) is 65.1 Å². The minimum Gasteiger partial charge on any atom is -0.436 e. The maximum Gasteiger partial charge on any atom is 0.270 e. The van der Waals surface area contributed by atoms with Crippen molar-refractivity contribution in [1.82, 2.24) is 10.3 Å². The smallest absolute Gasteiger partial charge is 0.270 e. The van der Waals surface area contributed by atoms with Gasteiger partial charge in [-0.25, -0.2) is 4.98 Å². The van der Waals surface area contributed by atoms with Crippen molar-refractivity contribution in [2.45, 2.75) is 6.92 Å². The van der Waals surface area contributed by atoms with Gasteiger partial charge < -0.3 is 19.4 Å². The van der Waals surface area contributed by atoms with Gasteiger partial charge in [-0.15, -0.1) is 0 Å². The van der Waals surface area contributed by atoms with Gasteiger partial charge in [-0.3, -0.25) is 20.2 Å². The Morgan fingerprint density at radius 3 is 2.57 bits per heavy atom.